The van der Waals surface area contributed by atoms with Crippen molar-refractivity contribution in [1.82, 2.24) is 15.4 Å². The van der Waals surface area contributed by atoms with Gasteiger partial charge in [-0.05, 0) is 123 Å². The summed E-state index contributed by atoms with van der Waals surface area (Å²) in [5.41, 5.74) is 2.78. The highest BCUT2D eigenvalue weighted by atomic mass is 35.5. The lowest BCUT2D eigenvalue weighted by molar-refractivity contribution is -0.484. The van der Waals surface area contributed by atoms with Crippen molar-refractivity contribution in [1.29, 1.82) is 0 Å². The molecule has 1 heterocycles. The summed E-state index contributed by atoms with van der Waals surface area (Å²) in [6.07, 6.45) is 27.2. The van der Waals surface area contributed by atoms with Gasteiger partial charge < -0.3 is 10.6 Å². The molecule has 3 N–H and O–H groups in total. The van der Waals surface area contributed by atoms with E-state index in [1.165, 1.54) is 75.8 Å². The molecule has 1 aliphatic heterocycles. The maximum absolute atomic E-state index is 12.5. The molecule has 3 aliphatic rings. The molecule has 0 aromatic heterocycles. The Bertz CT molecular complexity index is 2130. The van der Waals surface area contributed by atoms with E-state index in [4.69, 9.17) is 35.4 Å². The molecule has 17 heteroatoms. The minimum absolute atomic E-state index is 0.156. The van der Waals surface area contributed by atoms with Crippen LogP contribution in [0.1, 0.15) is 164 Å². The number of carbonyl (C=O) groups excluding carboxylic acids is 2. The summed E-state index contributed by atoms with van der Waals surface area (Å²) >= 11 is 16.6. The lowest BCUT2D eigenvalue weighted by Crippen LogP contribution is -2.44. The number of benzene rings is 3. The second kappa shape index (κ2) is 34.1. The monoisotopic (exact) mass is 1030 g/mol. The number of hydrogen-bond donors (Lipinski definition) is 3. The molecule has 3 atom stereocenters. The predicted molar refractivity (Wildman–Crippen MR) is 283 cm³/mol. The Morgan fingerprint density at radius 3 is 1.87 bits per heavy atom. The number of unbranched alkanes of at least 4 members (excludes halogenated alkanes) is 9. The van der Waals surface area contributed by atoms with Gasteiger partial charge in [-0.25, -0.2) is 8.42 Å². The number of ketones is 2. The standard InChI is InChI=1S/C24H41N3O2S2.C14H16ClNO3.C8H6ClNO2.C6H10O/c1-2-3-4-5-6-7-8-9-10-11-13-21-15-17-23(18-16-21)31(28,29)27-24(30)26-20-22-14-12-19-25-22;15-11-7-5-10(6-8-11)13(9-16(18)19)12-3-1-2-4-14(12)17;9-8-3-1-7(2-4-8)5-6-10(11)12;7-6-4-2-1-3-5-6/h15-18,22,25H,2-14,19-20H2,1H3,(H2,26,27,30);5-8,12-13H,1-4,9H2;1-6H;1-5H2/b;;6-5+;/t22-;12-,13-;;/m00../s1. The van der Waals surface area contributed by atoms with E-state index in [-0.39, 0.29) is 39.1 Å². The molecule has 2 saturated carbocycles. The largest absolute Gasteiger partial charge is 0.360 e. The van der Waals surface area contributed by atoms with E-state index in [0.717, 1.165) is 94.5 Å². The third kappa shape index (κ3) is 25.9. The van der Waals surface area contributed by atoms with E-state index in [9.17, 15) is 38.2 Å². The van der Waals surface area contributed by atoms with Crippen molar-refractivity contribution in [2.24, 2.45) is 5.92 Å². The van der Waals surface area contributed by atoms with Gasteiger partial charge in [-0.3, -0.25) is 34.5 Å². The first kappa shape index (κ1) is 59.0. The van der Waals surface area contributed by atoms with Crippen LogP contribution in [0.15, 0.2) is 83.9 Å². The second-order valence-corrected chi connectivity index (χ2v) is 20.9. The molecule has 6 rings (SSSR count). The van der Waals surface area contributed by atoms with Crippen molar-refractivity contribution in [2.45, 2.75) is 165 Å². The first-order valence-electron chi connectivity index (χ1n) is 24.8. The fourth-order valence-corrected chi connectivity index (χ4v) is 10.0. The molecule has 0 unspecified atom stereocenters. The van der Waals surface area contributed by atoms with E-state index < -0.39 is 14.9 Å². The number of nitrogens with zero attached hydrogens (tertiary/aromatic N) is 2. The first-order valence-corrected chi connectivity index (χ1v) is 27.4. The van der Waals surface area contributed by atoms with Gasteiger partial charge in [0.05, 0.1) is 15.7 Å². The lowest BCUT2D eigenvalue weighted by atomic mass is 9.76. The maximum Gasteiger partial charge on any atom is 0.263 e. The molecule has 380 valence electrons. The van der Waals surface area contributed by atoms with Gasteiger partial charge in [-0.15, -0.1) is 0 Å². The lowest BCUT2D eigenvalue weighted by Gasteiger charge is -2.27. The van der Waals surface area contributed by atoms with Gasteiger partial charge in [0.15, 0.2) is 5.11 Å². The number of thiocarbonyl (C=S) groups is 1. The third-order valence-electron chi connectivity index (χ3n) is 12.4. The molecule has 3 fully saturated rings. The zero-order valence-corrected chi connectivity index (χ0v) is 43.4. The van der Waals surface area contributed by atoms with E-state index in [1.807, 2.05) is 12.1 Å². The highest BCUT2D eigenvalue weighted by Gasteiger charge is 2.34. The topological polar surface area (TPSA) is 191 Å². The van der Waals surface area contributed by atoms with Crippen LogP contribution in [-0.2, 0) is 26.0 Å². The number of Topliss-reactive ketones (excluding diaryl/α,β-unsaturated/α-hetero) is 2. The van der Waals surface area contributed by atoms with Crippen LogP contribution in [0, 0.1) is 26.1 Å². The molecule has 0 spiro atoms. The average molecular weight is 1030 g/mol. The SMILES string of the molecule is CCCCCCCCCCCCc1ccc(S(=O)(=O)NC(=S)NC[C@@H]2CCCN2)cc1.O=C1CCCCC1.O=C1CCCC[C@H]1[C@@H](C[N+](=O)[O-])c1ccc(Cl)cc1.O=[N+]([O-])/C=C/c1ccc(Cl)cc1. The van der Waals surface area contributed by atoms with Crippen LogP contribution in [0.2, 0.25) is 10.0 Å². The van der Waals surface area contributed by atoms with Crippen molar-refractivity contribution in [3.8, 4) is 0 Å². The van der Waals surface area contributed by atoms with Gasteiger partial charge >= 0.3 is 0 Å². The van der Waals surface area contributed by atoms with Gasteiger partial charge in [-0.1, -0.05) is 137 Å². The first-order chi connectivity index (χ1) is 33.2. The quantitative estimate of drug-likeness (QED) is 0.0398. The minimum atomic E-state index is -3.64. The van der Waals surface area contributed by atoms with Crippen molar-refractivity contribution < 1.29 is 27.9 Å². The Labute approximate surface area is 425 Å². The van der Waals surface area contributed by atoms with Crippen molar-refractivity contribution >= 4 is 68.2 Å². The molecule has 69 heavy (non-hydrogen) atoms. The van der Waals surface area contributed by atoms with Crippen LogP contribution in [0.5, 0.6) is 0 Å². The summed E-state index contributed by atoms with van der Waals surface area (Å²) in [5, 5.41) is 28.5. The smallest absolute Gasteiger partial charge is 0.263 e. The Morgan fingerprint density at radius 1 is 0.768 bits per heavy atom. The zero-order chi connectivity index (χ0) is 50.3. The van der Waals surface area contributed by atoms with Gasteiger partial charge in [0.1, 0.15) is 11.6 Å². The maximum atomic E-state index is 12.5. The fraction of sp³-hybridized carbons (Fsp3) is 0.558. The summed E-state index contributed by atoms with van der Waals surface area (Å²) in [6, 6.07) is 21.3. The molecule has 0 bridgehead atoms. The normalized spacial score (nSPS) is 17.3. The van der Waals surface area contributed by atoms with Gasteiger partial charge in [0.25, 0.3) is 10.0 Å². The third-order valence-corrected chi connectivity index (χ3v) is 14.6. The average Bonchev–Trinajstić information content (AvgIpc) is 3.86. The number of aryl methyl sites for hydroxylation is 1. The Kier molecular flexibility index (Phi) is 29.2. The van der Waals surface area contributed by atoms with Gasteiger partial charge in [-0.2, -0.15) is 0 Å². The van der Waals surface area contributed by atoms with E-state index in [1.54, 1.807) is 60.7 Å². The van der Waals surface area contributed by atoms with E-state index >= 15 is 0 Å². The highest BCUT2D eigenvalue weighted by Crippen LogP contribution is 2.34. The fourth-order valence-electron chi connectivity index (χ4n) is 8.45. The van der Waals surface area contributed by atoms with Crippen molar-refractivity contribution in [2.75, 3.05) is 19.6 Å². The number of nitro groups is 2. The van der Waals surface area contributed by atoms with Gasteiger partial charge in [0, 0.05) is 58.8 Å². The Hall–Kier alpha value is -4.28. The van der Waals surface area contributed by atoms with Gasteiger partial charge in [0.2, 0.25) is 12.7 Å². The minimum Gasteiger partial charge on any atom is -0.360 e. The molecule has 0 radical (unpaired) electrons. The molecule has 0 amide bonds. The van der Waals surface area contributed by atoms with Crippen LogP contribution in [-0.4, -0.2) is 60.6 Å². The van der Waals surface area contributed by atoms with Crippen molar-refractivity contribution in [3.63, 3.8) is 0 Å². The molecule has 2 aliphatic carbocycles. The molecule has 13 nitrogen and oxygen atoms in total. The highest BCUT2D eigenvalue weighted by molar-refractivity contribution is 7.91. The number of nitrogens with one attached hydrogen (secondary N) is 3. The number of sulfonamides is 1. The van der Waals surface area contributed by atoms with Crippen LogP contribution in [0.4, 0.5) is 0 Å². The summed E-state index contributed by atoms with van der Waals surface area (Å²) in [5.74, 6) is 0.0692. The number of rotatable bonds is 21. The molecule has 3 aromatic carbocycles. The molecular weight excluding hydrogens is 958 g/mol. The number of hydrogen-bond acceptors (Lipinski definition) is 10. The van der Waals surface area contributed by atoms with Crippen LogP contribution < -0.4 is 15.4 Å². The molecule has 3 aromatic rings. The number of halogens is 2. The summed E-state index contributed by atoms with van der Waals surface area (Å²) in [6.45, 7) is 3.71. The Balaban J connectivity index is 0.000000278. The zero-order valence-electron chi connectivity index (χ0n) is 40.2. The van der Waals surface area contributed by atoms with Crippen LogP contribution in [0.3, 0.4) is 0 Å². The summed E-state index contributed by atoms with van der Waals surface area (Å²) in [4.78, 5) is 42.7. The van der Waals surface area contributed by atoms with Crippen molar-refractivity contribution in [3.05, 3.63) is 126 Å². The van der Waals surface area contributed by atoms with E-state index in [0.29, 0.717) is 34.8 Å². The second-order valence-electron chi connectivity index (χ2n) is 17.9. The summed E-state index contributed by atoms with van der Waals surface area (Å²) < 4.78 is 27.5. The summed E-state index contributed by atoms with van der Waals surface area (Å²) in [7, 11) is -3.64. The van der Waals surface area contributed by atoms with E-state index in [2.05, 4.69) is 22.3 Å². The van der Waals surface area contributed by atoms with Crippen LogP contribution >= 0.6 is 35.4 Å². The molecule has 1 saturated heterocycles. The number of carbonyl (C=O) groups is 2. The Morgan fingerprint density at radius 2 is 1.35 bits per heavy atom. The predicted octanol–water partition coefficient (Wildman–Crippen LogP) is 12.6. The van der Waals surface area contributed by atoms with Crippen LogP contribution in [0.25, 0.3) is 6.08 Å². The molecular formula is C52H73Cl2N5O8S2.